The SMILES string of the molecule is CC(C)Sc1cccc(Cl)c1CNc1nnc(C2CC2)o1. The minimum atomic E-state index is 0.470. The maximum Gasteiger partial charge on any atom is 0.315 e. The molecule has 4 nitrogen and oxygen atoms in total. The van der Waals surface area contributed by atoms with Crippen LogP contribution in [0.25, 0.3) is 0 Å². The number of thioether (sulfide) groups is 1. The van der Waals surface area contributed by atoms with Crippen LogP contribution in [-0.2, 0) is 6.54 Å². The molecule has 0 atom stereocenters. The molecular formula is C15H18ClN3OS. The molecular weight excluding hydrogens is 306 g/mol. The standard InChI is InChI=1S/C15H18ClN3OS/c1-9(2)21-13-5-3-4-12(16)11(13)8-17-15-19-18-14(20-15)10-6-7-10/h3-5,9-10H,6-8H2,1-2H3,(H,17,19). The number of rotatable bonds is 6. The number of benzene rings is 1. The first-order chi connectivity index (χ1) is 10.1. The zero-order valence-electron chi connectivity index (χ0n) is 12.1. The molecule has 1 heterocycles. The maximum absolute atomic E-state index is 6.32. The summed E-state index contributed by atoms with van der Waals surface area (Å²) >= 11 is 8.13. The summed E-state index contributed by atoms with van der Waals surface area (Å²) in [6.07, 6.45) is 2.31. The molecule has 1 fully saturated rings. The van der Waals surface area contributed by atoms with E-state index in [4.69, 9.17) is 16.0 Å². The van der Waals surface area contributed by atoms with Gasteiger partial charge >= 0.3 is 6.01 Å². The van der Waals surface area contributed by atoms with Crippen molar-refractivity contribution in [3.05, 3.63) is 34.7 Å². The Bertz CT molecular complexity index is 625. The molecule has 2 aromatic rings. The van der Waals surface area contributed by atoms with E-state index in [0.29, 0.717) is 23.7 Å². The Morgan fingerprint density at radius 1 is 1.38 bits per heavy atom. The minimum absolute atomic E-state index is 0.470. The Labute approximate surface area is 133 Å². The van der Waals surface area contributed by atoms with Crippen LogP contribution >= 0.6 is 23.4 Å². The third kappa shape index (κ3) is 3.71. The van der Waals surface area contributed by atoms with Crippen molar-refractivity contribution in [3.63, 3.8) is 0 Å². The van der Waals surface area contributed by atoms with Gasteiger partial charge in [0.05, 0.1) is 0 Å². The molecule has 1 aliphatic rings. The van der Waals surface area contributed by atoms with Gasteiger partial charge in [0.2, 0.25) is 5.89 Å². The summed E-state index contributed by atoms with van der Waals surface area (Å²) < 4.78 is 5.61. The highest BCUT2D eigenvalue weighted by atomic mass is 35.5. The van der Waals surface area contributed by atoms with Crippen molar-refractivity contribution in [2.45, 2.75) is 49.3 Å². The van der Waals surface area contributed by atoms with E-state index in [-0.39, 0.29) is 0 Å². The second-order valence-corrected chi connectivity index (χ2v) is 7.48. The lowest BCUT2D eigenvalue weighted by Crippen LogP contribution is -2.03. The molecule has 0 unspecified atom stereocenters. The summed E-state index contributed by atoms with van der Waals surface area (Å²) in [5.74, 6) is 1.22. The van der Waals surface area contributed by atoms with Crippen molar-refractivity contribution in [1.29, 1.82) is 0 Å². The summed E-state index contributed by atoms with van der Waals surface area (Å²) in [7, 11) is 0. The smallest absolute Gasteiger partial charge is 0.315 e. The summed E-state index contributed by atoms with van der Waals surface area (Å²) in [4.78, 5) is 1.19. The summed E-state index contributed by atoms with van der Waals surface area (Å²) in [5.41, 5.74) is 1.07. The Morgan fingerprint density at radius 3 is 2.90 bits per heavy atom. The number of nitrogens with zero attached hydrogens (tertiary/aromatic N) is 2. The van der Waals surface area contributed by atoms with Gasteiger partial charge in [-0.3, -0.25) is 0 Å². The van der Waals surface area contributed by atoms with Gasteiger partial charge in [-0.1, -0.05) is 36.6 Å². The number of anilines is 1. The van der Waals surface area contributed by atoms with Gasteiger partial charge in [0.25, 0.3) is 0 Å². The Hall–Kier alpha value is -1.20. The minimum Gasteiger partial charge on any atom is -0.408 e. The molecule has 112 valence electrons. The molecule has 1 aromatic carbocycles. The fourth-order valence-electron chi connectivity index (χ4n) is 2.04. The van der Waals surface area contributed by atoms with Crippen molar-refractivity contribution in [1.82, 2.24) is 10.2 Å². The molecule has 0 radical (unpaired) electrons. The van der Waals surface area contributed by atoms with E-state index in [1.165, 1.54) is 4.90 Å². The molecule has 0 amide bonds. The van der Waals surface area contributed by atoms with E-state index < -0.39 is 0 Å². The van der Waals surface area contributed by atoms with Crippen LogP contribution in [0.5, 0.6) is 0 Å². The van der Waals surface area contributed by atoms with Crippen LogP contribution in [0.2, 0.25) is 5.02 Å². The lowest BCUT2D eigenvalue weighted by molar-refractivity contribution is 0.507. The van der Waals surface area contributed by atoms with Crippen molar-refractivity contribution >= 4 is 29.4 Å². The van der Waals surface area contributed by atoms with Gasteiger partial charge in [-0.2, -0.15) is 0 Å². The second-order valence-electron chi connectivity index (χ2n) is 5.46. The Kier molecular flexibility index (Phi) is 4.40. The molecule has 21 heavy (non-hydrogen) atoms. The predicted octanol–water partition coefficient (Wildman–Crippen LogP) is 4.71. The quantitative estimate of drug-likeness (QED) is 0.780. The first-order valence-corrected chi connectivity index (χ1v) is 8.40. The van der Waals surface area contributed by atoms with Crippen molar-refractivity contribution in [3.8, 4) is 0 Å². The third-order valence-corrected chi connectivity index (χ3v) is 4.68. The third-order valence-electron chi connectivity index (χ3n) is 3.22. The van der Waals surface area contributed by atoms with Gasteiger partial charge in [0.1, 0.15) is 0 Å². The van der Waals surface area contributed by atoms with Gasteiger partial charge < -0.3 is 9.73 Å². The zero-order chi connectivity index (χ0) is 14.8. The van der Waals surface area contributed by atoms with E-state index in [0.717, 1.165) is 29.3 Å². The van der Waals surface area contributed by atoms with Crippen LogP contribution in [-0.4, -0.2) is 15.4 Å². The summed E-state index contributed by atoms with van der Waals surface area (Å²) in [5, 5.41) is 12.5. The number of hydrogen-bond donors (Lipinski definition) is 1. The van der Waals surface area contributed by atoms with Crippen LogP contribution < -0.4 is 5.32 Å². The lowest BCUT2D eigenvalue weighted by atomic mass is 10.2. The van der Waals surface area contributed by atoms with Gasteiger partial charge in [-0.25, -0.2) is 0 Å². The molecule has 3 rings (SSSR count). The lowest BCUT2D eigenvalue weighted by Gasteiger charge is -2.12. The average Bonchev–Trinajstić information content (AvgIpc) is 3.17. The molecule has 1 N–H and O–H groups in total. The number of aromatic nitrogens is 2. The van der Waals surface area contributed by atoms with Crippen molar-refractivity contribution in [2.24, 2.45) is 0 Å². The summed E-state index contributed by atoms with van der Waals surface area (Å²) in [6.45, 7) is 4.92. The largest absolute Gasteiger partial charge is 0.408 e. The van der Waals surface area contributed by atoms with Crippen LogP contribution in [0.4, 0.5) is 6.01 Å². The van der Waals surface area contributed by atoms with Gasteiger partial charge in [0.15, 0.2) is 0 Å². The number of nitrogens with one attached hydrogen (secondary N) is 1. The van der Waals surface area contributed by atoms with E-state index in [2.05, 4.69) is 35.4 Å². The Balaban J connectivity index is 1.71. The first kappa shape index (κ1) is 14.7. The second kappa shape index (κ2) is 6.28. The van der Waals surface area contributed by atoms with Gasteiger partial charge in [-0.05, 0) is 25.0 Å². The average molecular weight is 324 g/mol. The normalized spacial score (nSPS) is 14.7. The zero-order valence-corrected chi connectivity index (χ0v) is 13.7. The molecule has 0 spiro atoms. The molecule has 1 aliphatic carbocycles. The van der Waals surface area contributed by atoms with Crippen LogP contribution in [0.1, 0.15) is 44.1 Å². The molecule has 0 aliphatic heterocycles. The van der Waals surface area contributed by atoms with E-state index in [9.17, 15) is 0 Å². The predicted molar refractivity (Wildman–Crippen MR) is 86.0 cm³/mol. The fourth-order valence-corrected chi connectivity index (χ4v) is 3.33. The van der Waals surface area contributed by atoms with E-state index >= 15 is 0 Å². The molecule has 0 bridgehead atoms. The molecule has 1 aromatic heterocycles. The van der Waals surface area contributed by atoms with Crippen LogP contribution in [0, 0.1) is 0 Å². The number of halogens is 1. The highest BCUT2D eigenvalue weighted by Gasteiger charge is 2.29. The first-order valence-electron chi connectivity index (χ1n) is 7.15. The van der Waals surface area contributed by atoms with Crippen LogP contribution in [0.15, 0.2) is 27.5 Å². The monoisotopic (exact) mass is 323 g/mol. The fraction of sp³-hybridized carbons (Fsp3) is 0.467. The molecule has 0 saturated heterocycles. The molecule has 6 heteroatoms. The van der Waals surface area contributed by atoms with Gasteiger partial charge in [0, 0.05) is 33.2 Å². The van der Waals surface area contributed by atoms with Crippen molar-refractivity contribution < 1.29 is 4.42 Å². The molecule has 1 saturated carbocycles. The highest BCUT2D eigenvalue weighted by molar-refractivity contribution is 8.00. The highest BCUT2D eigenvalue weighted by Crippen LogP contribution is 2.39. The topological polar surface area (TPSA) is 51.0 Å². The summed E-state index contributed by atoms with van der Waals surface area (Å²) in [6, 6.07) is 6.45. The van der Waals surface area contributed by atoms with Crippen LogP contribution in [0.3, 0.4) is 0 Å². The van der Waals surface area contributed by atoms with Crippen molar-refractivity contribution in [2.75, 3.05) is 5.32 Å². The van der Waals surface area contributed by atoms with Gasteiger partial charge in [-0.15, -0.1) is 16.9 Å². The Morgan fingerprint density at radius 2 is 2.19 bits per heavy atom. The number of hydrogen-bond acceptors (Lipinski definition) is 5. The van der Waals surface area contributed by atoms with E-state index in [1.54, 1.807) is 11.8 Å². The maximum atomic E-state index is 6.32. The van der Waals surface area contributed by atoms with E-state index in [1.807, 2.05) is 12.1 Å².